The molecule has 140 valence electrons. The molecule has 0 rings (SSSR count). The Hall–Kier alpha value is -2.44. The van der Waals surface area contributed by atoms with E-state index in [0.29, 0.717) is 0 Å². The molecule has 0 aromatic rings. The second-order valence-corrected chi connectivity index (χ2v) is 5.62. The number of ether oxygens (including phenoxy) is 2. The minimum atomic E-state index is -1.36. The monoisotopic (exact) mass is 354 g/mol. The van der Waals surface area contributed by atoms with Gasteiger partial charge in [0.2, 0.25) is 0 Å². The van der Waals surface area contributed by atoms with Crippen molar-refractivity contribution in [3.63, 3.8) is 0 Å². The number of carboxylic acid groups (broad SMARTS) is 1. The number of unbranched alkanes of at least 4 members (excludes halogenated alkanes) is 5. The average Bonchev–Trinajstić information content (AvgIpc) is 2.53. The number of carbonyl (C=O) groups excluding carboxylic acids is 3. The Bertz CT molecular complexity index is 520. The topological polar surface area (TPSA) is 107 Å². The van der Waals surface area contributed by atoms with Crippen molar-refractivity contribution in [2.24, 2.45) is 0 Å². The fraction of sp³-hybridized carbons (Fsp3) is 0.556. The lowest BCUT2D eigenvalue weighted by Gasteiger charge is -2.07. The van der Waals surface area contributed by atoms with Crippen molar-refractivity contribution in [2.45, 2.75) is 58.3 Å². The summed E-state index contributed by atoms with van der Waals surface area (Å²) in [5, 5.41) is 8.59. The molecule has 0 fully saturated rings. The summed E-state index contributed by atoms with van der Waals surface area (Å²) in [5.74, 6) is -4.14. The van der Waals surface area contributed by atoms with E-state index in [4.69, 9.17) is 9.84 Å². The van der Waals surface area contributed by atoms with Gasteiger partial charge in [0.15, 0.2) is 0 Å². The Kier molecular flexibility index (Phi) is 11.7. The quantitative estimate of drug-likeness (QED) is 0.234. The van der Waals surface area contributed by atoms with Gasteiger partial charge < -0.3 is 14.6 Å². The van der Waals surface area contributed by atoms with Gasteiger partial charge in [-0.2, -0.15) is 0 Å². The van der Waals surface area contributed by atoms with Crippen molar-refractivity contribution in [3.8, 4) is 0 Å². The molecule has 1 N–H and O–H groups in total. The molecule has 0 aromatic carbocycles. The van der Waals surface area contributed by atoms with E-state index in [0.717, 1.165) is 25.7 Å². The zero-order valence-electron chi connectivity index (χ0n) is 14.7. The van der Waals surface area contributed by atoms with Crippen LogP contribution in [-0.2, 0) is 28.7 Å². The second-order valence-electron chi connectivity index (χ2n) is 5.62. The number of hydrogen-bond acceptors (Lipinski definition) is 6. The number of hydrogen-bond donors (Lipinski definition) is 1. The van der Waals surface area contributed by atoms with Crippen molar-refractivity contribution in [1.82, 2.24) is 0 Å². The molecular formula is C18H26O7. The van der Waals surface area contributed by atoms with E-state index in [1.807, 2.05) is 0 Å². The summed E-state index contributed by atoms with van der Waals surface area (Å²) in [7, 11) is 0. The lowest BCUT2D eigenvalue weighted by molar-refractivity contribution is -0.158. The highest BCUT2D eigenvalue weighted by Gasteiger charge is 2.19. The van der Waals surface area contributed by atoms with Crippen LogP contribution in [0.15, 0.2) is 24.3 Å². The summed E-state index contributed by atoms with van der Waals surface area (Å²) >= 11 is 0. The van der Waals surface area contributed by atoms with Gasteiger partial charge in [-0.1, -0.05) is 52.2 Å². The van der Waals surface area contributed by atoms with E-state index in [-0.39, 0.29) is 18.6 Å². The van der Waals surface area contributed by atoms with Crippen LogP contribution in [0.5, 0.6) is 0 Å². The molecule has 7 heteroatoms. The van der Waals surface area contributed by atoms with Crippen LogP contribution in [0.3, 0.4) is 0 Å². The highest BCUT2D eigenvalue weighted by Crippen LogP contribution is 2.08. The third kappa shape index (κ3) is 11.7. The maximum absolute atomic E-state index is 11.6. The Labute approximate surface area is 147 Å². The number of rotatable bonds is 13. The first-order valence-corrected chi connectivity index (χ1v) is 8.27. The normalized spacial score (nSPS) is 9.96. The van der Waals surface area contributed by atoms with Crippen LogP contribution < -0.4 is 0 Å². The molecule has 0 aliphatic carbocycles. The maximum Gasteiger partial charge on any atom is 0.341 e. The van der Waals surface area contributed by atoms with Crippen molar-refractivity contribution >= 4 is 23.9 Å². The summed E-state index contributed by atoms with van der Waals surface area (Å²) in [6.07, 6.45) is 5.32. The lowest BCUT2D eigenvalue weighted by atomic mass is 10.1. The van der Waals surface area contributed by atoms with Gasteiger partial charge in [-0.3, -0.25) is 9.59 Å². The molecule has 0 atom stereocenters. The van der Waals surface area contributed by atoms with E-state index in [2.05, 4.69) is 24.8 Å². The van der Waals surface area contributed by atoms with E-state index in [9.17, 15) is 19.2 Å². The zero-order chi connectivity index (χ0) is 19.2. The highest BCUT2D eigenvalue weighted by molar-refractivity contribution is 6.01. The van der Waals surface area contributed by atoms with Gasteiger partial charge in [-0.15, -0.1) is 0 Å². The fourth-order valence-electron chi connectivity index (χ4n) is 1.83. The van der Waals surface area contributed by atoms with Gasteiger partial charge in [0.1, 0.15) is 0 Å². The first-order chi connectivity index (χ1) is 11.8. The van der Waals surface area contributed by atoms with Crippen LogP contribution in [0.2, 0.25) is 0 Å². The predicted molar refractivity (Wildman–Crippen MR) is 90.6 cm³/mol. The summed E-state index contributed by atoms with van der Waals surface area (Å²) < 4.78 is 9.39. The van der Waals surface area contributed by atoms with Crippen molar-refractivity contribution in [1.29, 1.82) is 0 Å². The molecule has 0 saturated heterocycles. The summed E-state index contributed by atoms with van der Waals surface area (Å²) in [6, 6.07) is 0. The van der Waals surface area contributed by atoms with E-state index >= 15 is 0 Å². The SMILES string of the molecule is C=C(CC(=O)OC(=O)C(=C)CC(=O)OCCCCCCCC)C(=O)O. The first kappa shape index (κ1) is 22.6. The Morgan fingerprint density at radius 1 is 0.840 bits per heavy atom. The van der Waals surface area contributed by atoms with Crippen molar-refractivity contribution < 1.29 is 33.8 Å². The molecule has 0 heterocycles. The van der Waals surface area contributed by atoms with Crippen molar-refractivity contribution in [3.05, 3.63) is 24.3 Å². The summed E-state index contributed by atoms with van der Waals surface area (Å²) in [5.41, 5.74) is -0.635. The van der Waals surface area contributed by atoms with Gasteiger partial charge in [-0.25, -0.2) is 9.59 Å². The molecule has 0 saturated carbocycles. The number of carbonyl (C=O) groups is 4. The minimum absolute atomic E-state index is 0.234. The molecule has 0 radical (unpaired) electrons. The molecule has 25 heavy (non-hydrogen) atoms. The van der Waals surface area contributed by atoms with Gasteiger partial charge in [0.05, 0.1) is 19.4 Å². The largest absolute Gasteiger partial charge is 0.478 e. The number of aliphatic carboxylic acids is 1. The van der Waals surface area contributed by atoms with Crippen LogP contribution in [0.4, 0.5) is 0 Å². The molecule has 0 spiro atoms. The first-order valence-electron chi connectivity index (χ1n) is 8.27. The third-order valence-electron chi connectivity index (χ3n) is 3.27. The molecule has 0 aliphatic rings. The Balaban J connectivity index is 3.96. The van der Waals surface area contributed by atoms with Gasteiger partial charge >= 0.3 is 23.9 Å². The van der Waals surface area contributed by atoms with Crippen LogP contribution in [0.1, 0.15) is 58.3 Å². The van der Waals surface area contributed by atoms with Crippen molar-refractivity contribution in [2.75, 3.05) is 6.61 Å². The van der Waals surface area contributed by atoms with Crippen LogP contribution >= 0.6 is 0 Å². The zero-order valence-corrected chi connectivity index (χ0v) is 14.7. The van der Waals surface area contributed by atoms with Crippen LogP contribution in [0, 0.1) is 0 Å². The standard InChI is InChI=1S/C18H26O7/c1-4-5-6-7-8-9-10-24-15(19)12-14(3)18(23)25-16(20)11-13(2)17(21)22/h2-12H2,1H3,(H,21,22). The minimum Gasteiger partial charge on any atom is -0.478 e. The smallest absolute Gasteiger partial charge is 0.341 e. The predicted octanol–water partition coefficient (Wildman–Crippen LogP) is 2.94. The van der Waals surface area contributed by atoms with Crippen LogP contribution in [-0.4, -0.2) is 35.6 Å². The molecular weight excluding hydrogens is 328 g/mol. The summed E-state index contributed by atoms with van der Waals surface area (Å²) in [6.45, 7) is 8.93. The van der Waals surface area contributed by atoms with E-state index in [1.54, 1.807) is 0 Å². The third-order valence-corrected chi connectivity index (χ3v) is 3.27. The van der Waals surface area contributed by atoms with Gasteiger partial charge in [-0.05, 0) is 6.42 Å². The van der Waals surface area contributed by atoms with Gasteiger partial charge in [0, 0.05) is 11.1 Å². The Morgan fingerprint density at radius 3 is 2.00 bits per heavy atom. The molecule has 0 aromatic heterocycles. The molecule has 7 nitrogen and oxygen atoms in total. The number of esters is 3. The second kappa shape index (κ2) is 12.9. The van der Waals surface area contributed by atoms with E-state index in [1.165, 1.54) is 12.8 Å². The maximum atomic E-state index is 11.6. The fourth-order valence-corrected chi connectivity index (χ4v) is 1.83. The average molecular weight is 354 g/mol. The van der Waals surface area contributed by atoms with Gasteiger partial charge in [0.25, 0.3) is 0 Å². The lowest BCUT2D eigenvalue weighted by Crippen LogP contribution is -2.18. The Morgan fingerprint density at radius 2 is 1.40 bits per heavy atom. The molecule has 0 amide bonds. The highest BCUT2D eigenvalue weighted by atomic mass is 16.6. The molecule has 0 unspecified atom stereocenters. The summed E-state index contributed by atoms with van der Waals surface area (Å²) in [4.78, 5) is 45.0. The van der Waals surface area contributed by atoms with E-state index < -0.39 is 35.9 Å². The van der Waals surface area contributed by atoms with Crippen LogP contribution in [0.25, 0.3) is 0 Å². The molecule has 0 bridgehead atoms. The molecule has 0 aliphatic heterocycles. The number of carboxylic acids is 1.